The van der Waals surface area contributed by atoms with E-state index >= 15 is 0 Å². The molecule has 0 aliphatic rings. The predicted molar refractivity (Wildman–Crippen MR) is 258 cm³/mol. The summed E-state index contributed by atoms with van der Waals surface area (Å²) in [5.41, 5.74) is 1.91. The second kappa shape index (κ2) is 29.3. The van der Waals surface area contributed by atoms with Gasteiger partial charge in [0.25, 0.3) is 0 Å². The van der Waals surface area contributed by atoms with Crippen molar-refractivity contribution in [2.24, 2.45) is 0 Å². The summed E-state index contributed by atoms with van der Waals surface area (Å²) in [5, 5.41) is 0.965. The summed E-state index contributed by atoms with van der Waals surface area (Å²) >= 11 is 11.4. The number of alkyl halides is 3. The quantitative estimate of drug-likeness (QED) is 0.146. The summed E-state index contributed by atoms with van der Waals surface area (Å²) in [7, 11) is 0. The largest absolute Gasteiger partial charge is 0.416 e. The SMILES string of the molecule is CC(C)c1c(F)cc(F)cc1F.CC(C)c1c(F)cccc1Cl.CC(C)c1cc(C(F)(F)F)ccc1F.CC(C)c1ccc(Cl)cc1F.CC(C)c1ccc(F)cc1F.CC(C)c1ccccc1F. The molecule has 69 heavy (non-hydrogen) atoms. The van der Waals surface area contributed by atoms with Crippen LogP contribution in [0.1, 0.15) is 158 Å². The highest BCUT2D eigenvalue weighted by molar-refractivity contribution is 6.31. The van der Waals surface area contributed by atoms with Crippen molar-refractivity contribution in [1.82, 2.24) is 0 Å². The Morgan fingerprint density at radius 1 is 0.333 bits per heavy atom. The average Bonchev–Trinajstić information content (AvgIpc) is 3.21. The maximum atomic E-state index is 13.0. The summed E-state index contributed by atoms with van der Waals surface area (Å²) in [6.07, 6.45) is -4.41. The van der Waals surface area contributed by atoms with Gasteiger partial charge >= 0.3 is 6.18 Å². The molecule has 0 nitrogen and oxygen atoms in total. The van der Waals surface area contributed by atoms with Crippen LogP contribution < -0.4 is 0 Å². The Balaban J connectivity index is 0.000000415. The van der Waals surface area contributed by atoms with E-state index < -0.39 is 46.6 Å². The van der Waals surface area contributed by atoms with Crippen LogP contribution in [0.5, 0.6) is 0 Å². The Kier molecular flexibility index (Phi) is 26.4. The summed E-state index contributed by atoms with van der Waals surface area (Å²) < 4.78 is 152. The van der Waals surface area contributed by atoms with Gasteiger partial charge in [0.1, 0.15) is 52.4 Å². The van der Waals surface area contributed by atoms with E-state index in [1.807, 2.05) is 67.5 Å². The lowest BCUT2D eigenvalue weighted by atomic mass is 10.00. The normalized spacial score (nSPS) is 11.0. The molecule has 0 saturated heterocycles. The Labute approximate surface area is 409 Å². The molecule has 0 N–H and O–H groups in total. The molecule has 0 fully saturated rings. The minimum absolute atomic E-state index is 0.0589. The van der Waals surface area contributed by atoms with Crippen molar-refractivity contribution in [3.63, 3.8) is 0 Å². The molecule has 6 aromatic carbocycles. The molecule has 0 bridgehead atoms. The number of hydrogen-bond acceptors (Lipinski definition) is 0. The van der Waals surface area contributed by atoms with E-state index in [1.165, 1.54) is 30.3 Å². The number of rotatable bonds is 6. The van der Waals surface area contributed by atoms with Crippen molar-refractivity contribution >= 4 is 23.2 Å². The first-order chi connectivity index (χ1) is 31.9. The Morgan fingerprint density at radius 3 is 1.14 bits per heavy atom. The van der Waals surface area contributed by atoms with Crippen molar-refractivity contribution in [1.29, 1.82) is 0 Å². The van der Waals surface area contributed by atoms with Gasteiger partial charge in [-0.2, -0.15) is 13.2 Å². The van der Waals surface area contributed by atoms with Gasteiger partial charge in [-0.25, -0.2) is 39.5 Å². The van der Waals surface area contributed by atoms with Gasteiger partial charge in [-0.15, -0.1) is 0 Å². The van der Waals surface area contributed by atoms with Gasteiger partial charge in [0, 0.05) is 39.4 Å². The van der Waals surface area contributed by atoms with E-state index in [1.54, 1.807) is 58.0 Å². The summed E-state index contributed by atoms with van der Waals surface area (Å²) in [6.45, 7) is 22.1. The topological polar surface area (TPSA) is 0 Å². The van der Waals surface area contributed by atoms with E-state index in [0.717, 1.165) is 35.4 Å². The van der Waals surface area contributed by atoms with Crippen molar-refractivity contribution in [3.05, 3.63) is 211 Å². The van der Waals surface area contributed by atoms with Crippen LogP contribution in [-0.2, 0) is 6.18 Å². The van der Waals surface area contributed by atoms with Gasteiger partial charge in [0.15, 0.2) is 0 Å². The number of halogens is 14. The molecule has 0 atom stereocenters. The molecule has 0 amide bonds. The van der Waals surface area contributed by atoms with Gasteiger partial charge in [-0.1, -0.05) is 143 Å². The summed E-state index contributed by atoms with van der Waals surface area (Å²) in [6, 6.07) is 23.9. The fourth-order valence-corrected chi connectivity index (χ4v) is 6.75. The van der Waals surface area contributed by atoms with Crippen LogP contribution in [0.15, 0.2) is 109 Å². The standard InChI is InChI=1S/C10H10F4.2C9H10ClF.C9H9F3.C9H10F2.C9H11F/c1-6(2)8-5-7(10(12,13)14)3-4-9(8)11;1-6(2)8-4-3-7(10)5-9(8)11;1-6(2)9-7(10)4-3-5-8(9)11;1-5(2)9-7(11)3-6(10)4-8(9)12;1-6(2)8-4-3-7(10)5-9(8)11;1-7(2)8-5-3-4-6-9(8)10/h3-6H,1-2H3;2*3-6H,1-2H3;3-5H,1-2H3;3-6H,1-2H3;3-7H,1-2H3. The molecule has 0 radical (unpaired) electrons. The summed E-state index contributed by atoms with van der Waals surface area (Å²) in [5.74, 6) is -4.40. The predicted octanol–water partition coefficient (Wildman–Crippen LogP) is 20.4. The van der Waals surface area contributed by atoms with E-state index in [9.17, 15) is 52.7 Å². The van der Waals surface area contributed by atoms with E-state index in [4.69, 9.17) is 23.2 Å². The van der Waals surface area contributed by atoms with Crippen LogP contribution in [0.25, 0.3) is 0 Å². The van der Waals surface area contributed by atoms with Crippen LogP contribution in [0.3, 0.4) is 0 Å². The molecule has 378 valence electrons. The number of benzene rings is 6. The average molecular weight is 1020 g/mol. The maximum Gasteiger partial charge on any atom is 0.416 e. The van der Waals surface area contributed by atoms with Crippen LogP contribution in [0.4, 0.5) is 52.7 Å². The first kappa shape index (κ1) is 62.1. The van der Waals surface area contributed by atoms with Gasteiger partial charge < -0.3 is 0 Å². The molecular formula is C55H60Cl2F12. The Bertz CT molecular complexity index is 2390. The Morgan fingerprint density at radius 2 is 0.754 bits per heavy atom. The first-order valence-electron chi connectivity index (χ1n) is 22.0. The third-order valence-electron chi connectivity index (χ3n) is 9.84. The zero-order valence-electron chi connectivity index (χ0n) is 40.6. The van der Waals surface area contributed by atoms with Gasteiger partial charge in [-0.05, 0) is 112 Å². The Hall–Kier alpha value is -4.94. The molecule has 0 saturated carbocycles. The summed E-state index contributed by atoms with van der Waals surface area (Å²) in [4.78, 5) is 0. The smallest absolute Gasteiger partial charge is 0.207 e. The van der Waals surface area contributed by atoms with Crippen molar-refractivity contribution < 1.29 is 52.7 Å². The zero-order valence-corrected chi connectivity index (χ0v) is 42.2. The molecule has 0 heterocycles. The second-order valence-corrected chi connectivity index (χ2v) is 18.3. The molecule has 0 aliphatic carbocycles. The highest BCUT2D eigenvalue weighted by Crippen LogP contribution is 2.32. The monoisotopic (exact) mass is 1020 g/mol. The zero-order chi connectivity index (χ0) is 53.1. The van der Waals surface area contributed by atoms with Crippen molar-refractivity contribution in [2.45, 2.75) is 125 Å². The van der Waals surface area contributed by atoms with Crippen LogP contribution >= 0.6 is 23.2 Å². The van der Waals surface area contributed by atoms with Gasteiger partial charge in [0.05, 0.1) is 5.56 Å². The third kappa shape index (κ3) is 21.3. The second-order valence-electron chi connectivity index (χ2n) is 17.4. The third-order valence-corrected chi connectivity index (χ3v) is 10.4. The molecular weight excluding hydrogens is 959 g/mol. The van der Waals surface area contributed by atoms with Crippen molar-refractivity contribution in [3.8, 4) is 0 Å². The highest BCUT2D eigenvalue weighted by atomic mass is 35.5. The molecule has 0 unspecified atom stereocenters. The molecule has 0 aromatic heterocycles. The molecule has 6 aromatic rings. The fraction of sp³-hybridized carbons (Fsp3) is 0.345. The molecule has 0 aliphatic heterocycles. The highest BCUT2D eigenvalue weighted by Gasteiger charge is 2.31. The first-order valence-corrected chi connectivity index (χ1v) is 22.8. The van der Waals surface area contributed by atoms with Crippen LogP contribution in [-0.4, -0.2) is 0 Å². The lowest BCUT2D eigenvalue weighted by Gasteiger charge is -2.11. The van der Waals surface area contributed by atoms with E-state index in [2.05, 4.69) is 0 Å². The lowest BCUT2D eigenvalue weighted by Crippen LogP contribution is -2.06. The molecule has 6 rings (SSSR count). The van der Waals surface area contributed by atoms with Crippen molar-refractivity contribution in [2.75, 3.05) is 0 Å². The van der Waals surface area contributed by atoms with Gasteiger partial charge in [0.2, 0.25) is 0 Å². The minimum atomic E-state index is -4.41. The fourth-order valence-electron chi connectivity index (χ4n) is 6.21. The molecule has 0 spiro atoms. The van der Waals surface area contributed by atoms with Crippen LogP contribution in [0.2, 0.25) is 10.0 Å². The maximum absolute atomic E-state index is 13.0. The van der Waals surface area contributed by atoms with E-state index in [0.29, 0.717) is 33.3 Å². The van der Waals surface area contributed by atoms with E-state index in [-0.39, 0.29) is 64.1 Å². The molecule has 14 heteroatoms. The minimum Gasteiger partial charge on any atom is -0.207 e. The van der Waals surface area contributed by atoms with Crippen LogP contribution in [0, 0.1) is 52.4 Å². The lowest BCUT2D eigenvalue weighted by molar-refractivity contribution is -0.137. The van der Waals surface area contributed by atoms with Gasteiger partial charge in [-0.3, -0.25) is 0 Å². The number of hydrogen-bond donors (Lipinski definition) is 0.